The summed E-state index contributed by atoms with van der Waals surface area (Å²) in [7, 11) is 0. The van der Waals surface area contributed by atoms with Crippen molar-refractivity contribution < 1.29 is 23.8 Å². The molecule has 0 atom stereocenters. The van der Waals surface area contributed by atoms with Gasteiger partial charge in [-0.05, 0) is 57.7 Å². The van der Waals surface area contributed by atoms with E-state index in [0.717, 1.165) is 31.6 Å². The van der Waals surface area contributed by atoms with Gasteiger partial charge in [0.15, 0.2) is 0 Å². The molecule has 0 spiro atoms. The van der Waals surface area contributed by atoms with Gasteiger partial charge in [-0.25, -0.2) is 9.18 Å². The molecule has 134 valence electrons. The number of anilines is 1. The van der Waals surface area contributed by atoms with Gasteiger partial charge in [0.1, 0.15) is 12.6 Å². The van der Waals surface area contributed by atoms with Crippen LogP contribution in [0.25, 0.3) is 0 Å². The zero-order chi connectivity index (χ0) is 17.7. The smallest absolute Gasteiger partial charge is 0.338 e. The number of aromatic carboxylic acids is 1. The molecule has 0 unspecified atom stereocenters. The molecule has 0 bridgehead atoms. The standard InChI is InChI=1S/C18H26FNO4/c1-18(2,3)24-12-23-11-13-6-8-20(9-7-13)14-4-5-15(17(21)22)16(19)10-14/h4-5,10,13H,6-9,11-12H2,1-3H3,(H,21,22). The fourth-order valence-corrected chi connectivity index (χ4v) is 2.67. The number of piperidine rings is 1. The monoisotopic (exact) mass is 339 g/mol. The first kappa shape index (κ1) is 18.7. The van der Waals surface area contributed by atoms with Crippen LogP contribution in [0.15, 0.2) is 18.2 Å². The third kappa shape index (κ3) is 5.46. The van der Waals surface area contributed by atoms with Crippen LogP contribution >= 0.6 is 0 Å². The Morgan fingerprint density at radius 3 is 2.54 bits per heavy atom. The second kappa shape index (κ2) is 7.94. The molecular formula is C18H26FNO4. The summed E-state index contributed by atoms with van der Waals surface area (Å²) >= 11 is 0. The van der Waals surface area contributed by atoms with Gasteiger partial charge in [0.05, 0.1) is 17.8 Å². The van der Waals surface area contributed by atoms with Crippen molar-refractivity contribution in [1.82, 2.24) is 0 Å². The molecule has 1 N–H and O–H groups in total. The van der Waals surface area contributed by atoms with Crippen molar-refractivity contribution in [3.8, 4) is 0 Å². The van der Waals surface area contributed by atoms with E-state index in [4.69, 9.17) is 14.6 Å². The maximum absolute atomic E-state index is 13.8. The Bertz CT molecular complexity index is 563. The Labute approximate surface area is 142 Å². The van der Waals surface area contributed by atoms with Crippen LogP contribution in [0, 0.1) is 11.7 Å². The SMILES string of the molecule is CC(C)(C)OCOCC1CCN(c2ccc(C(=O)O)c(F)c2)CC1. The van der Waals surface area contributed by atoms with Gasteiger partial charge in [-0.15, -0.1) is 0 Å². The summed E-state index contributed by atoms with van der Waals surface area (Å²) in [4.78, 5) is 12.9. The summed E-state index contributed by atoms with van der Waals surface area (Å²) in [5.74, 6) is -1.47. The fraction of sp³-hybridized carbons (Fsp3) is 0.611. The van der Waals surface area contributed by atoms with Crippen molar-refractivity contribution >= 4 is 11.7 Å². The molecule has 0 amide bonds. The Kier molecular flexibility index (Phi) is 6.18. The highest BCUT2D eigenvalue weighted by Crippen LogP contribution is 2.25. The largest absolute Gasteiger partial charge is 0.478 e. The van der Waals surface area contributed by atoms with Gasteiger partial charge in [-0.1, -0.05) is 0 Å². The lowest BCUT2D eigenvalue weighted by Crippen LogP contribution is -2.35. The summed E-state index contributed by atoms with van der Waals surface area (Å²) in [6.07, 6.45) is 1.91. The predicted molar refractivity (Wildman–Crippen MR) is 90.0 cm³/mol. The summed E-state index contributed by atoms with van der Waals surface area (Å²) in [6.45, 7) is 8.54. The van der Waals surface area contributed by atoms with Crippen LogP contribution in [0.1, 0.15) is 44.0 Å². The molecule has 0 aliphatic carbocycles. The first-order chi connectivity index (χ1) is 11.3. The minimum atomic E-state index is -1.24. The number of carbonyl (C=O) groups is 1. The average molecular weight is 339 g/mol. The van der Waals surface area contributed by atoms with Crippen molar-refractivity contribution in [3.05, 3.63) is 29.6 Å². The van der Waals surface area contributed by atoms with E-state index in [-0.39, 0.29) is 11.2 Å². The second-order valence-electron chi connectivity index (χ2n) is 7.15. The fourth-order valence-electron chi connectivity index (χ4n) is 2.67. The van der Waals surface area contributed by atoms with Crippen LogP contribution in [0.5, 0.6) is 0 Å². The second-order valence-corrected chi connectivity index (χ2v) is 7.15. The van der Waals surface area contributed by atoms with E-state index in [1.54, 1.807) is 6.07 Å². The molecule has 0 radical (unpaired) electrons. The molecule has 1 fully saturated rings. The van der Waals surface area contributed by atoms with Crippen LogP contribution in [0.2, 0.25) is 0 Å². The van der Waals surface area contributed by atoms with Crippen LogP contribution in [0.4, 0.5) is 10.1 Å². The highest BCUT2D eigenvalue weighted by molar-refractivity contribution is 5.88. The predicted octanol–water partition coefficient (Wildman–Crippen LogP) is 3.53. The minimum Gasteiger partial charge on any atom is -0.478 e. The number of benzene rings is 1. The maximum atomic E-state index is 13.8. The van der Waals surface area contributed by atoms with Gasteiger partial charge in [-0.3, -0.25) is 0 Å². The lowest BCUT2D eigenvalue weighted by Gasteiger charge is -2.33. The first-order valence-electron chi connectivity index (χ1n) is 8.26. The van der Waals surface area contributed by atoms with E-state index in [0.29, 0.717) is 19.3 Å². The third-order valence-corrected chi connectivity index (χ3v) is 4.09. The van der Waals surface area contributed by atoms with Crippen molar-refractivity contribution in [2.75, 3.05) is 31.4 Å². The van der Waals surface area contributed by atoms with Crippen molar-refractivity contribution in [2.24, 2.45) is 5.92 Å². The quantitative estimate of drug-likeness (QED) is 0.635. The van der Waals surface area contributed by atoms with Gasteiger partial charge in [0.25, 0.3) is 0 Å². The van der Waals surface area contributed by atoms with Gasteiger partial charge in [-0.2, -0.15) is 0 Å². The number of ether oxygens (including phenoxy) is 2. The third-order valence-electron chi connectivity index (χ3n) is 4.09. The highest BCUT2D eigenvalue weighted by Gasteiger charge is 2.21. The summed E-state index contributed by atoms with van der Waals surface area (Å²) in [5.41, 5.74) is 0.240. The number of carboxylic acid groups (broad SMARTS) is 1. The molecule has 0 aromatic heterocycles. The van der Waals surface area contributed by atoms with Gasteiger partial charge >= 0.3 is 5.97 Å². The van der Waals surface area contributed by atoms with Crippen molar-refractivity contribution in [1.29, 1.82) is 0 Å². The molecular weight excluding hydrogens is 313 g/mol. The topological polar surface area (TPSA) is 59.0 Å². The number of hydrogen-bond donors (Lipinski definition) is 1. The zero-order valence-electron chi connectivity index (χ0n) is 14.5. The van der Waals surface area contributed by atoms with Crippen LogP contribution in [0.3, 0.4) is 0 Å². The van der Waals surface area contributed by atoms with Crippen LogP contribution in [-0.4, -0.2) is 43.2 Å². The summed E-state index contributed by atoms with van der Waals surface area (Å²) in [6, 6.07) is 4.30. The van der Waals surface area contributed by atoms with Crippen LogP contribution in [-0.2, 0) is 9.47 Å². The highest BCUT2D eigenvalue weighted by atomic mass is 19.1. The average Bonchev–Trinajstić information content (AvgIpc) is 2.51. The number of rotatable bonds is 6. The first-order valence-corrected chi connectivity index (χ1v) is 8.26. The lowest BCUT2D eigenvalue weighted by atomic mass is 9.97. The van der Waals surface area contributed by atoms with Crippen molar-refractivity contribution in [3.63, 3.8) is 0 Å². The van der Waals surface area contributed by atoms with E-state index >= 15 is 0 Å². The molecule has 1 saturated heterocycles. The normalized spacial score (nSPS) is 16.4. The molecule has 1 aliphatic heterocycles. The minimum absolute atomic E-state index is 0.199. The Morgan fingerprint density at radius 2 is 2.00 bits per heavy atom. The zero-order valence-corrected chi connectivity index (χ0v) is 14.5. The molecule has 1 heterocycles. The molecule has 1 aromatic carbocycles. The number of hydrogen-bond acceptors (Lipinski definition) is 4. The Hall–Kier alpha value is -1.66. The summed E-state index contributed by atoms with van der Waals surface area (Å²) in [5, 5.41) is 8.88. The number of carboxylic acids is 1. The molecule has 24 heavy (non-hydrogen) atoms. The molecule has 2 rings (SSSR count). The van der Waals surface area contributed by atoms with Gasteiger partial charge in [0.2, 0.25) is 0 Å². The van der Waals surface area contributed by atoms with Gasteiger partial charge < -0.3 is 19.5 Å². The molecule has 1 aromatic rings. The van der Waals surface area contributed by atoms with E-state index in [1.165, 1.54) is 12.1 Å². The molecule has 6 heteroatoms. The molecule has 5 nitrogen and oxygen atoms in total. The van der Waals surface area contributed by atoms with Gasteiger partial charge in [0, 0.05) is 18.8 Å². The Morgan fingerprint density at radius 1 is 1.33 bits per heavy atom. The summed E-state index contributed by atoms with van der Waals surface area (Å²) < 4.78 is 24.9. The number of halogens is 1. The number of nitrogens with zero attached hydrogens (tertiary/aromatic N) is 1. The van der Waals surface area contributed by atoms with E-state index in [1.807, 2.05) is 20.8 Å². The van der Waals surface area contributed by atoms with E-state index < -0.39 is 11.8 Å². The maximum Gasteiger partial charge on any atom is 0.338 e. The van der Waals surface area contributed by atoms with Crippen LogP contribution < -0.4 is 4.90 Å². The Balaban J connectivity index is 1.78. The van der Waals surface area contributed by atoms with E-state index in [9.17, 15) is 9.18 Å². The van der Waals surface area contributed by atoms with E-state index in [2.05, 4.69) is 4.90 Å². The molecule has 1 aliphatic rings. The molecule has 0 saturated carbocycles. The lowest BCUT2D eigenvalue weighted by molar-refractivity contribution is -0.127. The van der Waals surface area contributed by atoms with Crippen molar-refractivity contribution in [2.45, 2.75) is 39.2 Å².